The molecule has 2 atom stereocenters. The van der Waals surface area contributed by atoms with Crippen LogP contribution < -0.4 is 0 Å². The second-order valence-corrected chi connectivity index (χ2v) is 3.45. The van der Waals surface area contributed by atoms with Gasteiger partial charge in [0.15, 0.2) is 5.76 Å². The van der Waals surface area contributed by atoms with Gasteiger partial charge in [0.1, 0.15) is 19.0 Å². The van der Waals surface area contributed by atoms with Crippen LogP contribution in [0, 0.1) is 5.92 Å². The van der Waals surface area contributed by atoms with Gasteiger partial charge in [-0.15, -0.1) is 0 Å². The maximum absolute atomic E-state index is 9.40. The molecule has 3 nitrogen and oxygen atoms in total. The van der Waals surface area contributed by atoms with Crippen molar-refractivity contribution in [2.75, 3.05) is 13.2 Å². The molecule has 2 rings (SSSR count). The molecule has 13 heavy (non-hydrogen) atoms. The van der Waals surface area contributed by atoms with Crippen LogP contribution in [0.25, 0.3) is 0 Å². The highest BCUT2D eigenvalue weighted by molar-refractivity contribution is 5.24. The van der Waals surface area contributed by atoms with Gasteiger partial charge in [-0.2, -0.15) is 0 Å². The van der Waals surface area contributed by atoms with Crippen molar-refractivity contribution in [2.45, 2.75) is 19.4 Å². The average Bonchev–Trinajstić information content (AvgIpc) is 2.17. The molecule has 0 aromatic rings. The molecule has 1 aliphatic carbocycles. The molecule has 1 N–H and O–H groups in total. The zero-order valence-corrected chi connectivity index (χ0v) is 7.69. The zero-order valence-electron chi connectivity index (χ0n) is 7.69. The highest BCUT2D eigenvalue weighted by atomic mass is 16.6. The van der Waals surface area contributed by atoms with E-state index >= 15 is 0 Å². The summed E-state index contributed by atoms with van der Waals surface area (Å²) in [5.41, 5.74) is 0. The van der Waals surface area contributed by atoms with Crippen molar-refractivity contribution in [3.8, 4) is 0 Å². The number of hydrogen-bond acceptors (Lipinski definition) is 3. The van der Waals surface area contributed by atoms with Crippen molar-refractivity contribution in [3.05, 3.63) is 23.7 Å². The topological polar surface area (TPSA) is 38.7 Å². The molecular formula is C10H14O3. The number of hydrogen-bond donors (Lipinski definition) is 1. The molecule has 0 saturated heterocycles. The Balaban J connectivity index is 2.11. The minimum absolute atomic E-state index is 0.167. The third kappa shape index (κ3) is 1.70. The molecule has 0 saturated carbocycles. The van der Waals surface area contributed by atoms with E-state index in [2.05, 4.69) is 0 Å². The Morgan fingerprint density at radius 1 is 1.46 bits per heavy atom. The number of aliphatic hydroxyl groups is 1. The molecule has 0 aromatic heterocycles. The molecule has 0 aromatic carbocycles. The lowest BCUT2D eigenvalue weighted by atomic mass is 9.94. The molecule has 0 fully saturated rings. The van der Waals surface area contributed by atoms with Crippen molar-refractivity contribution < 1.29 is 14.6 Å². The summed E-state index contributed by atoms with van der Waals surface area (Å²) in [6.07, 6.45) is 4.31. The largest absolute Gasteiger partial charge is 0.490 e. The molecule has 2 unspecified atom stereocenters. The Kier molecular flexibility index (Phi) is 2.27. The van der Waals surface area contributed by atoms with E-state index < -0.39 is 0 Å². The fraction of sp³-hybridized carbons (Fsp3) is 0.600. The number of aliphatic hydroxyl groups excluding tert-OH is 1. The molecule has 1 heterocycles. The molecule has 72 valence electrons. The van der Waals surface area contributed by atoms with E-state index in [4.69, 9.17) is 9.47 Å². The predicted molar refractivity (Wildman–Crippen MR) is 47.9 cm³/mol. The maximum atomic E-state index is 9.40. The summed E-state index contributed by atoms with van der Waals surface area (Å²) in [5.74, 6) is 1.89. The Morgan fingerprint density at radius 3 is 3.00 bits per heavy atom. The first kappa shape index (κ1) is 8.63. The monoisotopic (exact) mass is 182 g/mol. The van der Waals surface area contributed by atoms with Gasteiger partial charge in [-0.05, 0) is 13.0 Å². The highest BCUT2D eigenvalue weighted by Crippen LogP contribution is 2.29. The zero-order chi connectivity index (χ0) is 9.26. The standard InChI is InChI=1S/C10H14O3/c1-7(11)8-2-3-9-10(6-8)13-5-4-12-9/h2-3,7-8,11H,4-6H2,1H3. The first-order chi connectivity index (χ1) is 6.27. The minimum Gasteiger partial charge on any atom is -0.490 e. The summed E-state index contributed by atoms with van der Waals surface area (Å²) in [4.78, 5) is 0. The Morgan fingerprint density at radius 2 is 2.23 bits per heavy atom. The summed E-state index contributed by atoms with van der Waals surface area (Å²) in [6, 6.07) is 0. The first-order valence-corrected chi connectivity index (χ1v) is 4.62. The lowest BCUT2D eigenvalue weighted by Crippen LogP contribution is -2.22. The van der Waals surface area contributed by atoms with Crippen LogP contribution in [0.4, 0.5) is 0 Å². The number of rotatable bonds is 1. The van der Waals surface area contributed by atoms with Gasteiger partial charge in [0.05, 0.1) is 6.10 Å². The normalized spacial score (nSPS) is 28.9. The summed E-state index contributed by atoms with van der Waals surface area (Å²) in [7, 11) is 0. The van der Waals surface area contributed by atoms with Gasteiger partial charge in [0.25, 0.3) is 0 Å². The lowest BCUT2D eigenvalue weighted by Gasteiger charge is -2.27. The van der Waals surface area contributed by atoms with E-state index in [0.29, 0.717) is 13.2 Å². The van der Waals surface area contributed by atoms with Crippen LogP contribution >= 0.6 is 0 Å². The summed E-state index contributed by atoms with van der Waals surface area (Å²) in [5, 5.41) is 9.40. The maximum Gasteiger partial charge on any atom is 0.156 e. The van der Waals surface area contributed by atoms with Crippen molar-refractivity contribution in [1.82, 2.24) is 0 Å². The van der Waals surface area contributed by atoms with Gasteiger partial charge in [-0.3, -0.25) is 0 Å². The second kappa shape index (κ2) is 3.42. The van der Waals surface area contributed by atoms with Gasteiger partial charge < -0.3 is 14.6 Å². The molecule has 1 aliphatic heterocycles. The smallest absolute Gasteiger partial charge is 0.156 e. The fourth-order valence-corrected chi connectivity index (χ4v) is 1.59. The molecule has 0 spiro atoms. The minimum atomic E-state index is -0.323. The van der Waals surface area contributed by atoms with E-state index in [9.17, 15) is 5.11 Å². The summed E-state index contributed by atoms with van der Waals surface area (Å²) < 4.78 is 10.9. The third-order valence-corrected chi connectivity index (χ3v) is 2.43. The molecule has 0 bridgehead atoms. The van der Waals surface area contributed by atoms with Crippen molar-refractivity contribution >= 4 is 0 Å². The predicted octanol–water partition coefficient (Wildman–Crippen LogP) is 1.20. The van der Waals surface area contributed by atoms with Gasteiger partial charge in [0.2, 0.25) is 0 Å². The van der Waals surface area contributed by atoms with Crippen LogP contribution in [0.1, 0.15) is 13.3 Å². The average molecular weight is 182 g/mol. The van der Waals surface area contributed by atoms with Crippen LogP contribution in [0.5, 0.6) is 0 Å². The van der Waals surface area contributed by atoms with E-state index in [1.165, 1.54) is 0 Å². The van der Waals surface area contributed by atoms with Crippen LogP contribution in [-0.2, 0) is 9.47 Å². The molecular weight excluding hydrogens is 168 g/mol. The quantitative estimate of drug-likeness (QED) is 0.662. The molecule has 0 amide bonds. The fourth-order valence-electron chi connectivity index (χ4n) is 1.59. The van der Waals surface area contributed by atoms with Gasteiger partial charge in [0, 0.05) is 12.3 Å². The Bertz CT molecular complexity index is 253. The van der Waals surface area contributed by atoms with E-state index in [1.807, 2.05) is 12.2 Å². The van der Waals surface area contributed by atoms with E-state index in [0.717, 1.165) is 17.9 Å². The molecule has 3 heteroatoms. The van der Waals surface area contributed by atoms with Crippen LogP contribution in [0.3, 0.4) is 0 Å². The van der Waals surface area contributed by atoms with Gasteiger partial charge >= 0.3 is 0 Å². The number of allylic oxidation sites excluding steroid dienone is 2. The van der Waals surface area contributed by atoms with E-state index in [1.54, 1.807) is 6.92 Å². The van der Waals surface area contributed by atoms with Gasteiger partial charge in [-0.25, -0.2) is 0 Å². The third-order valence-electron chi connectivity index (χ3n) is 2.43. The van der Waals surface area contributed by atoms with Crippen molar-refractivity contribution in [3.63, 3.8) is 0 Å². The van der Waals surface area contributed by atoms with Crippen molar-refractivity contribution in [1.29, 1.82) is 0 Å². The Hall–Kier alpha value is -0.960. The van der Waals surface area contributed by atoms with Crippen LogP contribution in [0.15, 0.2) is 23.7 Å². The molecule has 0 radical (unpaired) electrons. The second-order valence-electron chi connectivity index (χ2n) is 3.45. The van der Waals surface area contributed by atoms with Gasteiger partial charge in [-0.1, -0.05) is 6.08 Å². The van der Waals surface area contributed by atoms with Crippen LogP contribution in [-0.4, -0.2) is 24.4 Å². The lowest BCUT2D eigenvalue weighted by molar-refractivity contribution is 0.0494. The van der Waals surface area contributed by atoms with Crippen LogP contribution in [0.2, 0.25) is 0 Å². The SMILES string of the molecule is CC(O)C1C=CC2=C(C1)OCCO2. The number of ether oxygens (including phenoxy) is 2. The summed E-state index contributed by atoms with van der Waals surface area (Å²) in [6.45, 7) is 3.05. The summed E-state index contributed by atoms with van der Waals surface area (Å²) >= 11 is 0. The Labute approximate surface area is 77.7 Å². The highest BCUT2D eigenvalue weighted by Gasteiger charge is 2.24. The first-order valence-electron chi connectivity index (χ1n) is 4.62. The molecule has 2 aliphatic rings. The van der Waals surface area contributed by atoms with Crippen molar-refractivity contribution in [2.24, 2.45) is 5.92 Å². The van der Waals surface area contributed by atoms with E-state index in [-0.39, 0.29) is 12.0 Å².